The van der Waals surface area contributed by atoms with Crippen molar-refractivity contribution in [3.05, 3.63) is 90.8 Å². The number of amides is 1. The minimum absolute atomic E-state index is 0.0116. The number of benzene rings is 2. The summed E-state index contributed by atoms with van der Waals surface area (Å²) >= 11 is 0. The van der Waals surface area contributed by atoms with E-state index in [1.54, 1.807) is 22.9 Å². The van der Waals surface area contributed by atoms with Crippen molar-refractivity contribution in [2.24, 2.45) is 0 Å². The fraction of sp³-hybridized carbons (Fsp3) is 0.0769. The SMILES string of the molecule is O=C(Cn1c(-c2ncco2)cc2cc(F)ccc21)NCc1ccc(-c2ccc(-c3nn[nH]n3)cc2)cn1. The Kier molecular flexibility index (Phi) is 5.70. The lowest BCUT2D eigenvalue weighted by atomic mass is 10.1. The van der Waals surface area contributed by atoms with E-state index in [0.717, 1.165) is 16.7 Å². The van der Waals surface area contributed by atoms with Crippen LogP contribution in [0.4, 0.5) is 4.39 Å². The highest BCUT2D eigenvalue weighted by atomic mass is 19.1. The fourth-order valence-electron chi connectivity index (χ4n) is 4.12. The molecule has 0 saturated heterocycles. The number of aromatic nitrogens is 7. The Balaban J connectivity index is 1.13. The van der Waals surface area contributed by atoms with Crippen LogP contribution in [0.5, 0.6) is 0 Å². The van der Waals surface area contributed by atoms with E-state index in [4.69, 9.17) is 4.42 Å². The third kappa shape index (κ3) is 4.57. The number of rotatable bonds is 7. The Morgan fingerprint density at radius 2 is 1.84 bits per heavy atom. The number of oxazole rings is 1. The zero-order valence-corrected chi connectivity index (χ0v) is 19.3. The second kappa shape index (κ2) is 9.46. The average molecular weight is 494 g/mol. The smallest absolute Gasteiger partial charge is 0.243 e. The first-order valence-electron chi connectivity index (χ1n) is 11.4. The van der Waals surface area contributed by atoms with E-state index in [0.29, 0.717) is 34.0 Å². The molecule has 1 amide bonds. The topological polar surface area (TPSA) is 127 Å². The molecule has 2 aromatic carbocycles. The number of fused-ring (bicyclic) bond motifs is 1. The maximum Gasteiger partial charge on any atom is 0.243 e. The van der Waals surface area contributed by atoms with Gasteiger partial charge in [0.15, 0.2) is 0 Å². The van der Waals surface area contributed by atoms with Crippen LogP contribution in [0.15, 0.2) is 83.7 Å². The van der Waals surface area contributed by atoms with E-state index >= 15 is 0 Å². The molecule has 6 rings (SSSR count). The number of hydrogen-bond acceptors (Lipinski definition) is 7. The summed E-state index contributed by atoms with van der Waals surface area (Å²) in [5.74, 6) is 0.304. The molecule has 0 spiro atoms. The van der Waals surface area contributed by atoms with Gasteiger partial charge in [-0.2, -0.15) is 5.21 Å². The number of pyridine rings is 1. The zero-order chi connectivity index (χ0) is 25.2. The number of carbonyl (C=O) groups excluding carboxylic acids is 1. The molecule has 0 aliphatic carbocycles. The van der Waals surface area contributed by atoms with Crippen LogP contribution in [0.2, 0.25) is 0 Å². The first-order valence-corrected chi connectivity index (χ1v) is 11.4. The van der Waals surface area contributed by atoms with Crippen molar-refractivity contribution in [2.75, 3.05) is 0 Å². The Labute approximate surface area is 209 Å². The van der Waals surface area contributed by atoms with Crippen LogP contribution in [0.3, 0.4) is 0 Å². The van der Waals surface area contributed by atoms with Crippen molar-refractivity contribution in [3.63, 3.8) is 0 Å². The van der Waals surface area contributed by atoms with Crippen molar-refractivity contribution in [1.29, 1.82) is 0 Å². The van der Waals surface area contributed by atoms with E-state index in [9.17, 15) is 9.18 Å². The number of tetrazole rings is 1. The van der Waals surface area contributed by atoms with Crippen molar-refractivity contribution < 1.29 is 13.6 Å². The number of aromatic amines is 1. The lowest BCUT2D eigenvalue weighted by Gasteiger charge is -2.10. The third-order valence-electron chi connectivity index (χ3n) is 5.93. The summed E-state index contributed by atoms with van der Waals surface area (Å²) in [5.41, 5.74) is 4.80. The molecular weight excluding hydrogens is 475 g/mol. The molecule has 11 heteroatoms. The number of nitrogens with zero attached hydrogens (tertiary/aromatic N) is 6. The maximum absolute atomic E-state index is 13.8. The van der Waals surface area contributed by atoms with Gasteiger partial charge in [-0.25, -0.2) is 9.37 Å². The Hall–Kier alpha value is -5.19. The first-order chi connectivity index (χ1) is 18.1. The van der Waals surface area contributed by atoms with Gasteiger partial charge in [-0.15, -0.1) is 10.2 Å². The Morgan fingerprint density at radius 1 is 1.00 bits per heavy atom. The van der Waals surface area contributed by atoms with Gasteiger partial charge in [-0.05, 0) is 41.1 Å². The minimum Gasteiger partial charge on any atom is -0.443 e. The summed E-state index contributed by atoms with van der Waals surface area (Å²) in [7, 11) is 0. The largest absolute Gasteiger partial charge is 0.443 e. The molecule has 0 atom stereocenters. The first kappa shape index (κ1) is 22.3. The van der Waals surface area contributed by atoms with Gasteiger partial charge in [0, 0.05) is 28.2 Å². The van der Waals surface area contributed by atoms with E-state index in [2.05, 4.69) is 35.9 Å². The lowest BCUT2D eigenvalue weighted by Crippen LogP contribution is -2.27. The predicted octanol–water partition coefficient (Wildman–Crippen LogP) is 3.99. The molecule has 6 aromatic rings. The molecule has 0 unspecified atom stereocenters. The van der Waals surface area contributed by atoms with Crippen LogP contribution >= 0.6 is 0 Å². The molecule has 4 heterocycles. The summed E-state index contributed by atoms with van der Waals surface area (Å²) in [5, 5.41) is 17.5. The van der Waals surface area contributed by atoms with E-state index < -0.39 is 0 Å². The highest BCUT2D eigenvalue weighted by Gasteiger charge is 2.17. The molecule has 37 heavy (non-hydrogen) atoms. The number of hydrogen-bond donors (Lipinski definition) is 2. The highest BCUT2D eigenvalue weighted by Crippen LogP contribution is 2.28. The third-order valence-corrected chi connectivity index (χ3v) is 5.93. The molecule has 0 aliphatic rings. The van der Waals surface area contributed by atoms with Crippen LogP contribution in [-0.2, 0) is 17.9 Å². The van der Waals surface area contributed by atoms with Gasteiger partial charge in [0.1, 0.15) is 24.3 Å². The molecule has 0 bridgehead atoms. The van der Waals surface area contributed by atoms with Crippen molar-refractivity contribution >= 4 is 16.8 Å². The summed E-state index contributed by atoms with van der Waals surface area (Å²) < 4.78 is 20.9. The monoisotopic (exact) mass is 494 g/mol. The summed E-state index contributed by atoms with van der Waals surface area (Å²) in [6.07, 6.45) is 4.74. The molecule has 0 radical (unpaired) electrons. The quantitative estimate of drug-likeness (QED) is 0.343. The number of H-pyrrole nitrogens is 1. The zero-order valence-electron chi connectivity index (χ0n) is 19.3. The van der Waals surface area contributed by atoms with Gasteiger partial charge in [0.05, 0.1) is 18.4 Å². The molecule has 0 saturated carbocycles. The molecule has 0 aliphatic heterocycles. The highest BCUT2D eigenvalue weighted by molar-refractivity contribution is 5.88. The molecule has 0 fully saturated rings. The van der Waals surface area contributed by atoms with E-state index in [1.807, 2.05) is 36.4 Å². The van der Waals surface area contributed by atoms with Gasteiger partial charge < -0.3 is 14.3 Å². The molecule has 182 valence electrons. The van der Waals surface area contributed by atoms with Crippen LogP contribution in [0.1, 0.15) is 5.69 Å². The van der Waals surface area contributed by atoms with E-state index in [1.165, 1.54) is 24.6 Å². The van der Waals surface area contributed by atoms with Gasteiger partial charge in [0.2, 0.25) is 17.6 Å². The number of nitrogens with one attached hydrogen (secondary N) is 2. The molecule has 10 nitrogen and oxygen atoms in total. The molecule has 4 aromatic heterocycles. The molecule has 2 N–H and O–H groups in total. The van der Waals surface area contributed by atoms with Gasteiger partial charge in [-0.1, -0.05) is 30.3 Å². The van der Waals surface area contributed by atoms with Gasteiger partial charge >= 0.3 is 0 Å². The predicted molar refractivity (Wildman–Crippen MR) is 132 cm³/mol. The fourth-order valence-corrected chi connectivity index (χ4v) is 4.12. The van der Waals surface area contributed by atoms with Crippen LogP contribution < -0.4 is 5.32 Å². The summed E-state index contributed by atoms with van der Waals surface area (Å²) in [6.45, 7) is 0.274. The lowest BCUT2D eigenvalue weighted by molar-refractivity contribution is -0.121. The van der Waals surface area contributed by atoms with Crippen molar-refractivity contribution in [2.45, 2.75) is 13.1 Å². The van der Waals surface area contributed by atoms with Crippen LogP contribution in [0, 0.1) is 5.82 Å². The molecular formula is C26H19FN8O2. The van der Waals surface area contributed by atoms with E-state index in [-0.39, 0.29) is 24.8 Å². The summed E-state index contributed by atoms with van der Waals surface area (Å²) in [4.78, 5) is 21.5. The van der Waals surface area contributed by atoms with Gasteiger partial charge in [-0.3, -0.25) is 9.78 Å². The van der Waals surface area contributed by atoms with Crippen LogP contribution in [0.25, 0.3) is 45.0 Å². The second-order valence-electron chi connectivity index (χ2n) is 8.28. The Morgan fingerprint density at radius 3 is 2.57 bits per heavy atom. The minimum atomic E-state index is -0.356. The maximum atomic E-state index is 13.8. The summed E-state index contributed by atoms with van der Waals surface area (Å²) in [6, 6.07) is 17.8. The normalized spacial score (nSPS) is 11.2. The number of carbonyl (C=O) groups is 1. The van der Waals surface area contributed by atoms with Crippen molar-refractivity contribution in [3.8, 4) is 34.1 Å². The average Bonchev–Trinajstić information content (AvgIpc) is 3.70. The Bertz CT molecular complexity index is 1660. The van der Waals surface area contributed by atoms with Crippen molar-refractivity contribution in [1.82, 2.24) is 40.5 Å². The van der Waals surface area contributed by atoms with Crippen LogP contribution in [-0.4, -0.2) is 41.1 Å². The van der Waals surface area contributed by atoms with Gasteiger partial charge in [0.25, 0.3) is 0 Å². The number of halogens is 1. The standard InChI is InChI=1S/C26H19FN8O2/c27-20-6-8-22-19(11-20)12-23(26-28-9-10-37-26)35(22)15-24(36)30-14-21-7-5-18(13-29-21)16-1-3-17(4-2-16)25-31-33-34-32-25/h1-13H,14-15H2,(H,30,36)(H,31,32,33,34). The second-order valence-corrected chi connectivity index (χ2v) is 8.28.